The SMILES string of the molecule is CC(C)(C)c1cc[n+](C(C(=S)NCc2ccco2)=C([O-])c2cccs2)cc1. The van der Waals surface area contributed by atoms with Crippen LogP contribution in [0, 0.1) is 0 Å². The Labute approximate surface area is 168 Å². The summed E-state index contributed by atoms with van der Waals surface area (Å²) in [6.45, 7) is 6.89. The van der Waals surface area contributed by atoms with E-state index in [9.17, 15) is 5.11 Å². The number of hydrogen-bond donors (Lipinski definition) is 1. The van der Waals surface area contributed by atoms with E-state index in [-0.39, 0.29) is 11.2 Å². The molecule has 0 aliphatic heterocycles. The van der Waals surface area contributed by atoms with Crippen LogP contribution >= 0.6 is 23.6 Å². The van der Waals surface area contributed by atoms with Gasteiger partial charge < -0.3 is 14.8 Å². The van der Waals surface area contributed by atoms with Crippen molar-refractivity contribution in [2.24, 2.45) is 0 Å². The predicted octanol–water partition coefficient (Wildman–Crippen LogP) is 3.73. The second-order valence-electron chi connectivity index (χ2n) is 7.16. The van der Waals surface area contributed by atoms with Crippen LogP contribution in [0.4, 0.5) is 0 Å². The fraction of sp³-hybridized carbons (Fsp3) is 0.238. The van der Waals surface area contributed by atoms with E-state index in [1.165, 1.54) is 16.9 Å². The maximum absolute atomic E-state index is 13.1. The number of rotatable bonds is 5. The highest BCUT2D eigenvalue weighted by Crippen LogP contribution is 2.22. The largest absolute Gasteiger partial charge is 0.867 e. The standard InChI is InChI=1S/C21H22N2O2S2/c1-21(2,3)15-8-10-23(11-9-15)18(19(24)17-7-5-13-27-17)20(26)22-14-16-6-4-12-25-16/h4-13H,14H2,1-3H3,(H-,22,24,26). The van der Waals surface area contributed by atoms with Gasteiger partial charge in [0.05, 0.1) is 12.8 Å². The van der Waals surface area contributed by atoms with Crippen molar-refractivity contribution in [1.29, 1.82) is 0 Å². The summed E-state index contributed by atoms with van der Waals surface area (Å²) in [5.74, 6) is 0.656. The van der Waals surface area contributed by atoms with Crippen molar-refractivity contribution in [2.45, 2.75) is 32.7 Å². The molecule has 0 fully saturated rings. The van der Waals surface area contributed by atoms with E-state index >= 15 is 0 Å². The lowest BCUT2D eigenvalue weighted by Gasteiger charge is -2.19. The maximum Gasteiger partial charge on any atom is 0.238 e. The van der Waals surface area contributed by atoms with Gasteiger partial charge in [-0.1, -0.05) is 39.1 Å². The number of hydrogen-bond acceptors (Lipinski definition) is 4. The van der Waals surface area contributed by atoms with Crippen LogP contribution in [0.15, 0.2) is 64.9 Å². The Balaban J connectivity index is 1.95. The van der Waals surface area contributed by atoms with Crippen molar-refractivity contribution in [2.75, 3.05) is 0 Å². The Morgan fingerprint density at radius 2 is 1.93 bits per heavy atom. The quantitative estimate of drug-likeness (QED) is 0.308. The van der Waals surface area contributed by atoms with Crippen molar-refractivity contribution >= 4 is 40.0 Å². The highest BCUT2D eigenvalue weighted by Gasteiger charge is 2.21. The van der Waals surface area contributed by atoms with E-state index < -0.39 is 0 Å². The molecule has 0 atom stereocenters. The number of thiocarbonyl (C=S) groups is 1. The molecule has 0 spiro atoms. The molecule has 0 amide bonds. The number of nitrogens with zero attached hydrogens (tertiary/aromatic N) is 1. The first-order chi connectivity index (χ1) is 12.9. The van der Waals surface area contributed by atoms with Gasteiger partial charge in [0.25, 0.3) is 0 Å². The summed E-state index contributed by atoms with van der Waals surface area (Å²) in [7, 11) is 0. The normalized spacial score (nSPS) is 12.6. The van der Waals surface area contributed by atoms with Crippen LogP contribution in [0.2, 0.25) is 0 Å². The van der Waals surface area contributed by atoms with Crippen molar-refractivity contribution in [1.82, 2.24) is 5.32 Å². The lowest BCUT2D eigenvalue weighted by molar-refractivity contribution is -0.578. The van der Waals surface area contributed by atoms with Crippen molar-refractivity contribution in [3.05, 3.63) is 76.6 Å². The van der Waals surface area contributed by atoms with Crippen LogP contribution in [0.25, 0.3) is 11.5 Å². The molecule has 3 heterocycles. The van der Waals surface area contributed by atoms with Crippen LogP contribution in [0.3, 0.4) is 0 Å². The molecule has 140 valence electrons. The molecule has 0 unspecified atom stereocenters. The summed E-state index contributed by atoms with van der Waals surface area (Å²) in [5.41, 5.74) is 1.66. The summed E-state index contributed by atoms with van der Waals surface area (Å²) < 4.78 is 7.12. The van der Waals surface area contributed by atoms with Crippen molar-refractivity contribution in [3.63, 3.8) is 0 Å². The van der Waals surface area contributed by atoms with Crippen LogP contribution in [0.1, 0.15) is 37.0 Å². The van der Waals surface area contributed by atoms with Crippen LogP contribution in [0.5, 0.6) is 0 Å². The molecule has 3 rings (SSSR count). The zero-order valence-corrected chi connectivity index (χ0v) is 17.2. The van der Waals surface area contributed by atoms with Gasteiger partial charge in [-0.3, -0.25) is 0 Å². The van der Waals surface area contributed by atoms with Crippen LogP contribution in [-0.4, -0.2) is 4.99 Å². The summed E-state index contributed by atoms with van der Waals surface area (Å²) in [6.07, 6.45) is 5.39. The van der Waals surface area contributed by atoms with Crippen molar-refractivity contribution < 1.29 is 14.1 Å². The summed E-state index contributed by atoms with van der Waals surface area (Å²) >= 11 is 6.97. The van der Waals surface area contributed by atoms with E-state index in [0.717, 1.165) is 5.76 Å². The molecule has 0 aliphatic carbocycles. The molecule has 0 bridgehead atoms. The molecule has 3 aromatic rings. The number of pyridine rings is 1. The van der Waals surface area contributed by atoms with Gasteiger partial charge >= 0.3 is 0 Å². The van der Waals surface area contributed by atoms with E-state index in [1.54, 1.807) is 10.8 Å². The molecule has 4 nitrogen and oxygen atoms in total. The van der Waals surface area contributed by atoms with Gasteiger partial charge in [0.2, 0.25) is 5.70 Å². The van der Waals surface area contributed by atoms with Gasteiger partial charge in [-0.15, -0.1) is 11.3 Å². The molecule has 3 aromatic heterocycles. The number of aromatic nitrogens is 1. The van der Waals surface area contributed by atoms with Gasteiger partial charge in [0, 0.05) is 17.0 Å². The molecule has 0 aliphatic rings. The zero-order chi connectivity index (χ0) is 19.4. The average Bonchev–Trinajstić information content (AvgIpc) is 3.33. The minimum absolute atomic E-state index is 0.0368. The highest BCUT2D eigenvalue weighted by molar-refractivity contribution is 7.81. The summed E-state index contributed by atoms with van der Waals surface area (Å²) in [5, 5.41) is 18.1. The lowest BCUT2D eigenvalue weighted by Crippen LogP contribution is -2.42. The van der Waals surface area contributed by atoms with Gasteiger partial charge in [0.1, 0.15) is 5.76 Å². The Kier molecular flexibility index (Phi) is 5.77. The molecule has 0 saturated heterocycles. The Morgan fingerprint density at radius 3 is 2.48 bits per heavy atom. The second-order valence-corrected chi connectivity index (χ2v) is 8.52. The Morgan fingerprint density at radius 1 is 1.19 bits per heavy atom. The lowest BCUT2D eigenvalue weighted by atomic mass is 9.88. The first kappa shape index (κ1) is 19.3. The average molecular weight is 399 g/mol. The van der Waals surface area contributed by atoms with E-state index in [0.29, 0.717) is 22.1 Å². The molecule has 0 saturated carbocycles. The van der Waals surface area contributed by atoms with Crippen molar-refractivity contribution in [3.8, 4) is 0 Å². The second kappa shape index (κ2) is 8.06. The Bertz CT molecular complexity index is 920. The minimum atomic E-state index is -0.101. The topological polar surface area (TPSA) is 52.1 Å². The molecule has 27 heavy (non-hydrogen) atoms. The molecule has 1 N–H and O–H groups in total. The van der Waals surface area contributed by atoms with E-state index in [2.05, 4.69) is 26.1 Å². The first-order valence-corrected chi connectivity index (χ1v) is 9.93. The maximum atomic E-state index is 13.1. The fourth-order valence-electron chi connectivity index (χ4n) is 2.60. The third-order valence-corrected chi connectivity index (χ3v) is 5.34. The fourth-order valence-corrected chi connectivity index (χ4v) is 3.54. The molecule has 6 heteroatoms. The van der Waals surface area contributed by atoms with Gasteiger partial charge in [0.15, 0.2) is 17.4 Å². The van der Waals surface area contributed by atoms with Gasteiger partial charge in [-0.05, 0) is 40.3 Å². The molecular weight excluding hydrogens is 376 g/mol. The molecular formula is C21H22N2O2S2. The number of thiophene rings is 1. The minimum Gasteiger partial charge on any atom is -0.867 e. The molecule has 0 aromatic carbocycles. The summed E-state index contributed by atoms with van der Waals surface area (Å²) in [4.78, 5) is 1.04. The molecule has 0 radical (unpaired) electrons. The third kappa shape index (κ3) is 4.64. The van der Waals surface area contributed by atoms with Gasteiger partial charge in [-0.2, -0.15) is 4.57 Å². The highest BCUT2D eigenvalue weighted by atomic mass is 32.1. The van der Waals surface area contributed by atoms with Gasteiger partial charge in [-0.25, -0.2) is 0 Å². The van der Waals surface area contributed by atoms with E-state index in [1.807, 2.05) is 54.2 Å². The first-order valence-electron chi connectivity index (χ1n) is 8.64. The number of nitrogens with one attached hydrogen (secondary N) is 1. The summed E-state index contributed by atoms with van der Waals surface area (Å²) in [6, 6.07) is 11.4. The third-order valence-electron chi connectivity index (χ3n) is 4.13. The van der Waals surface area contributed by atoms with Crippen LogP contribution < -0.4 is 15.0 Å². The van der Waals surface area contributed by atoms with Crippen LogP contribution in [-0.2, 0) is 12.0 Å². The predicted molar refractivity (Wildman–Crippen MR) is 111 cm³/mol. The smallest absolute Gasteiger partial charge is 0.238 e. The Hall–Kier alpha value is -2.44. The number of furan rings is 1. The monoisotopic (exact) mass is 398 g/mol. The van der Waals surface area contributed by atoms with E-state index in [4.69, 9.17) is 16.6 Å². The zero-order valence-electron chi connectivity index (χ0n) is 15.6.